The van der Waals surface area contributed by atoms with Crippen LogP contribution < -0.4 is 0 Å². The van der Waals surface area contributed by atoms with Crippen LogP contribution >= 0.6 is 8.03 Å². The Morgan fingerprint density at radius 2 is 2.18 bits per heavy atom. The lowest BCUT2D eigenvalue weighted by Gasteiger charge is -2.28. The van der Waals surface area contributed by atoms with Crippen LogP contribution in [0.5, 0.6) is 0 Å². The summed E-state index contributed by atoms with van der Waals surface area (Å²) in [6.07, 6.45) is -0.237. The van der Waals surface area contributed by atoms with Crippen LogP contribution in [0, 0.1) is 5.92 Å². The number of amides is 1. The van der Waals surface area contributed by atoms with Crippen molar-refractivity contribution in [3.63, 3.8) is 0 Å². The van der Waals surface area contributed by atoms with Gasteiger partial charge in [-0.15, -0.1) is 6.58 Å². The summed E-state index contributed by atoms with van der Waals surface area (Å²) in [6.45, 7) is 6.85. The fraction of sp³-hybridized carbons (Fsp3) is 0.700. The lowest BCUT2D eigenvalue weighted by Crippen LogP contribution is -2.42. The van der Waals surface area contributed by atoms with Gasteiger partial charge in [-0.25, -0.2) is 5.06 Å². The van der Waals surface area contributed by atoms with Crippen LogP contribution in [-0.2, 0) is 14.2 Å². The highest BCUT2D eigenvalue weighted by Crippen LogP contribution is 2.30. The Morgan fingerprint density at radius 3 is 2.53 bits per heavy atom. The molecule has 0 rings (SSSR count). The minimum Gasteiger partial charge on any atom is -0.389 e. The van der Waals surface area contributed by atoms with Crippen LogP contribution in [0.15, 0.2) is 12.7 Å². The number of aliphatic hydroxyl groups is 1. The van der Waals surface area contributed by atoms with E-state index in [0.29, 0.717) is 0 Å². The molecule has 0 aromatic rings. The van der Waals surface area contributed by atoms with E-state index in [-0.39, 0.29) is 5.91 Å². The number of rotatable bonds is 7. The Bertz CT molecular complexity index is 265. The molecule has 4 atom stereocenters. The second kappa shape index (κ2) is 7.82. The topological polar surface area (TPSA) is 59.0 Å². The van der Waals surface area contributed by atoms with Gasteiger partial charge < -0.3 is 9.63 Å². The van der Waals surface area contributed by atoms with Crippen molar-refractivity contribution >= 4 is 21.5 Å². The van der Waals surface area contributed by atoms with Gasteiger partial charge in [0.25, 0.3) is 5.91 Å². The molecule has 2 radical (unpaired) electrons. The van der Waals surface area contributed by atoms with E-state index < -0.39 is 26.2 Å². The van der Waals surface area contributed by atoms with Crippen molar-refractivity contribution in [1.82, 2.24) is 5.06 Å². The summed E-state index contributed by atoms with van der Waals surface area (Å²) in [5.74, 6) is -1.01. The first-order valence-corrected chi connectivity index (χ1v) is 6.90. The fourth-order valence-electron chi connectivity index (χ4n) is 1.24. The smallest absolute Gasteiger partial charge is 0.251 e. The maximum Gasteiger partial charge on any atom is 0.251 e. The summed E-state index contributed by atoms with van der Waals surface area (Å²) < 4.78 is 5.31. The maximum atomic E-state index is 11.7. The normalized spacial score (nSPS) is 17.9. The third-order valence-electron chi connectivity index (χ3n) is 2.34. The van der Waals surface area contributed by atoms with Gasteiger partial charge in [-0.2, -0.15) is 0 Å². The minimum absolute atomic E-state index is 0.340. The van der Waals surface area contributed by atoms with Crippen LogP contribution in [0.25, 0.3) is 0 Å². The number of nitrogens with zero attached hydrogens (tertiary/aromatic N) is 1. The molecule has 0 saturated carbocycles. The van der Waals surface area contributed by atoms with Crippen molar-refractivity contribution in [2.75, 3.05) is 20.8 Å². The first-order valence-electron chi connectivity index (χ1n) is 5.12. The highest BCUT2D eigenvalue weighted by Gasteiger charge is 2.31. The Morgan fingerprint density at radius 1 is 1.65 bits per heavy atom. The van der Waals surface area contributed by atoms with Gasteiger partial charge in [0.1, 0.15) is 13.7 Å². The van der Waals surface area contributed by atoms with E-state index in [0.717, 1.165) is 5.06 Å². The summed E-state index contributed by atoms with van der Waals surface area (Å²) in [6, 6.07) is 0. The first kappa shape index (κ1) is 16.6. The Balaban J connectivity index is 4.59. The maximum absolute atomic E-state index is 11.7. The predicted octanol–water partition coefficient (Wildman–Crippen LogP) is 0.685. The van der Waals surface area contributed by atoms with E-state index in [1.54, 1.807) is 13.6 Å². The summed E-state index contributed by atoms with van der Waals surface area (Å²) in [5, 5.41) is 11.1. The number of hydrogen-bond acceptors (Lipinski definition) is 4. The largest absolute Gasteiger partial charge is 0.389 e. The monoisotopic (exact) mass is 259 g/mol. The molecular weight excluding hydrogens is 240 g/mol. The van der Waals surface area contributed by atoms with Crippen molar-refractivity contribution < 1.29 is 19.3 Å². The van der Waals surface area contributed by atoms with Crippen LogP contribution in [0.2, 0.25) is 0 Å². The van der Waals surface area contributed by atoms with Gasteiger partial charge in [0, 0.05) is 7.05 Å². The zero-order valence-corrected chi connectivity index (χ0v) is 11.6. The molecule has 96 valence electrons. The van der Waals surface area contributed by atoms with Crippen molar-refractivity contribution in [2.24, 2.45) is 5.92 Å². The molecule has 1 amide bonds. The summed E-state index contributed by atoms with van der Waals surface area (Å²) in [4.78, 5) is 16.5. The zero-order valence-electron chi connectivity index (χ0n) is 10.7. The molecule has 5 nitrogen and oxygen atoms in total. The summed E-state index contributed by atoms with van der Waals surface area (Å²) in [5.41, 5.74) is 0. The molecule has 4 unspecified atom stereocenters. The SMILES string of the molecule is [B]P(C)OC(C=C)C(O)C(C)C(=O)N(C)OC. The van der Waals surface area contributed by atoms with Gasteiger partial charge in [-0.3, -0.25) is 9.63 Å². The molecule has 0 aromatic carbocycles. The lowest BCUT2D eigenvalue weighted by molar-refractivity contribution is -0.177. The van der Waals surface area contributed by atoms with Gasteiger partial charge in [0.15, 0.2) is 0 Å². The molecule has 7 heteroatoms. The summed E-state index contributed by atoms with van der Waals surface area (Å²) >= 11 is 0. The van der Waals surface area contributed by atoms with Gasteiger partial charge in [-0.05, 0) is 14.7 Å². The molecule has 1 N–H and O–H groups in total. The molecule has 0 heterocycles. The third-order valence-corrected chi connectivity index (χ3v) is 2.92. The van der Waals surface area contributed by atoms with Crippen molar-refractivity contribution in [1.29, 1.82) is 0 Å². The fourth-order valence-corrected chi connectivity index (χ4v) is 1.84. The van der Waals surface area contributed by atoms with E-state index >= 15 is 0 Å². The average molecular weight is 259 g/mol. The van der Waals surface area contributed by atoms with Crippen LogP contribution in [-0.4, -0.2) is 56.7 Å². The van der Waals surface area contributed by atoms with E-state index in [4.69, 9.17) is 16.9 Å². The van der Waals surface area contributed by atoms with Gasteiger partial charge in [0.05, 0.1) is 19.1 Å². The lowest BCUT2D eigenvalue weighted by atomic mass is 9.99. The van der Waals surface area contributed by atoms with E-state index in [1.165, 1.54) is 20.2 Å². The van der Waals surface area contributed by atoms with Crippen LogP contribution in [0.4, 0.5) is 0 Å². The molecule has 0 saturated heterocycles. The highest BCUT2D eigenvalue weighted by atomic mass is 31.1. The molecule has 0 aliphatic carbocycles. The number of carbonyl (C=O) groups is 1. The van der Waals surface area contributed by atoms with Gasteiger partial charge >= 0.3 is 0 Å². The number of carbonyl (C=O) groups excluding carboxylic acids is 1. The molecule has 0 spiro atoms. The Kier molecular flexibility index (Phi) is 7.63. The molecule has 17 heavy (non-hydrogen) atoms. The molecule has 0 bridgehead atoms. The van der Waals surface area contributed by atoms with E-state index in [1.807, 2.05) is 0 Å². The Hall–Kier alpha value is -0.415. The number of hydroxylamine groups is 2. The zero-order chi connectivity index (χ0) is 13.6. The quantitative estimate of drug-likeness (QED) is 0.316. The second-order valence-electron chi connectivity index (χ2n) is 3.65. The van der Waals surface area contributed by atoms with E-state index in [2.05, 4.69) is 6.58 Å². The van der Waals surface area contributed by atoms with Crippen molar-refractivity contribution in [3.8, 4) is 0 Å². The molecule has 0 aliphatic rings. The molecular formula is C10H19BNO4P. The summed E-state index contributed by atoms with van der Waals surface area (Å²) in [7, 11) is 7.26. The van der Waals surface area contributed by atoms with Crippen LogP contribution in [0.3, 0.4) is 0 Å². The van der Waals surface area contributed by atoms with Crippen molar-refractivity contribution in [2.45, 2.75) is 19.1 Å². The number of hydrogen-bond donors (Lipinski definition) is 1. The minimum atomic E-state index is -1.13. The average Bonchev–Trinajstić information content (AvgIpc) is 2.31. The highest BCUT2D eigenvalue weighted by molar-refractivity contribution is 7.77. The standard InChI is InChI=1S/C10H19BNO4P/c1-6-8(16-17(5)11)9(13)7(2)10(14)12(3)15-4/h6-9,13H,1H2,2-5H3. The van der Waals surface area contributed by atoms with Gasteiger partial charge in [-0.1, -0.05) is 13.0 Å². The van der Waals surface area contributed by atoms with Gasteiger partial charge in [0.2, 0.25) is 0 Å². The predicted molar refractivity (Wildman–Crippen MR) is 68.6 cm³/mol. The Labute approximate surface area is 105 Å². The van der Waals surface area contributed by atoms with Crippen LogP contribution in [0.1, 0.15) is 6.92 Å². The van der Waals surface area contributed by atoms with Crippen molar-refractivity contribution in [3.05, 3.63) is 12.7 Å². The second-order valence-corrected chi connectivity index (χ2v) is 4.95. The first-order chi connectivity index (χ1) is 7.84. The number of aliphatic hydroxyl groups excluding tert-OH is 1. The molecule has 0 fully saturated rings. The molecule has 0 aliphatic heterocycles. The molecule has 0 aromatic heterocycles. The van der Waals surface area contributed by atoms with E-state index in [9.17, 15) is 9.90 Å². The third kappa shape index (κ3) is 5.17.